The highest BCUT2D eigenvalue weighted by molar-refractivity contribution is 6.04. The van der Waals surface area contributed by atoms with Crippen LogP contribution in [0.4, 0.5) is 4.39 Å². The number of fused-ring (bicyclic) bond motifs is 3. The van der Waals surface area contributed by atoms with E-state index in [1.807, 2.05) is 60.7 Å². The Morgan fingerprint density at radius 2 is 1.73 bits per heavy atom. The summed E-state index contributed by atoms with van der Waals surface area (Å²) in [5.74, 6) is 0.464. The van der Waals surface area contributed by atoms with E-state index < -0.39 is 12.0 Å². The van der Waals surface area contributed by atoms with Crippen molar-refractivity contribution in [1.82, 2.24) is 10.3 Å². The van der Waals surface area contributed by atoms with Crippen LogP contribution in [0.25, 0.3) is 0 Å². The maximum atomic E-state index is 13.5. The molecule has 0 saturated carbocycles. The molecule has 0 spiro atoms. The number of hydrazone groups is 1. The predicted molar refractivity (Wildman–Crippen MR) is 148 cm³/mol. The normalized spacial score (nSPS) is 17.2. The van der Waals surface area contributed by atoms with E-state index in [4.69, 9.17) is 14.6 Å². The van der Waals surface area contributed by atoms with Gasteiger partial charge in [0.05, 0.1) is 18.9 Å². The van der Waals surface area contributed by atoms with Crippen molar-refractivity contribution in [3.63, 3.8) is 0 Å². The first kappa shape index (κ1) is 25.3. The van der Waals surface area contributed by atoms with Crippen LogP contribution in [0.2, 0.25) is 0 Å². The van der Waals surface area contributed by atoms with E-state index in [2.05, 4.69) is 5.32 Å². The third-order valence-electron chi connectivity index (χ3n) is 7.12. The zero-order chi connectivity index (χ0) is 27.6. The molecule has 2 aliphatic heterocycles. The van der Waals surface area contributed by atoms with Crippen LogP contribution in [-0.4, -0.2) is 35.7 Å². The molecular weight excluding hydrogens is 509 g/mol. The van der Waals surface area contributed by atoms with Gasteiger partial charge in [0, 0.05) is 29.7 Å². The molecule has 40 heavy (non-hydrogen) atoms. The average Bonchev–Trinajstić information content (AvgIpc) is 3.46. The summed E-state index contributed by atoms with van der Waals surface area (Å²) in [7, 11) is 1.61. The standard InChI is InChI=1S/C32H26FN3O4/c1-39-25-6-4-5-20(17-25)19-34-31(38)23-11-9-21(10-12-23)27-18-28-26-7-2-3-8-29(26)40-32(36(28)35-27)30(37)22-13-15-24(33)16-14-22/h2-17,28,32H,18-19H2,1H3,(H,34,38). The molecule has 6 rings (SSSR count). The van der Waals surface area contributed by atoms with Gasteiger partial charge < -0.3 is 14.8 Å². The van der Waals surface area contributed by atoms with Crippen LogP contribution in [-0.2, 0) is 6.54 Å². The molecule has 8 heteroatoms. The molecule has 2 aliphatic rings. The highest BCUT2D eigenvalue weighted by Gasteiger charge is 2.43. The van der Waals surface area contributed by atoms with Gasteiger partial charge in [0.15, 0.2) is 0 Å². The maximum absolute atomic E-state index is 13.5. The molecule has 0 aliphatic carbocycles. The molecule has 0 saturated heterocycles. The molecule has 2 atom stereocenters. The molecule has 7 nitrogen and oxygen atoms in total. The third-order valence-corrected chi connectivity index (χ3v) is 7.12. The Balaban J connectivity index is 1.21. The number of rotatable bonds is 7. The van der Waals surface area contributed by atoms with Gasteiger partial charge in [0.25, 0.3) is 12.1 Å². The van der Waals surface area contributed by atoms with Crippen molar-refractivity contribution in [3.05, 3.63) is 131 Å². The number of methoxy groups -OCH3 is 1. The quantitative estimate of drug-likeness (QED) is 0.316. The first-order valence-corrected chi connectivity index (χ1v) is 12.9. The van der Waals surface area contributed by atoms with Crippen molar-refractivity contribution < 1.29 is 23.5 Å². The number of hydrogen-bond acceptors (Lipinski definition) is 6. The maximum Gasteiger partial charge on any atom is 0.251 e. The summed E-state index contributed by atoms with van der Waals surface area (Å²) in [5, 5.41) is 9.44. The predicted octanol–water partition coefficient (Wildman–Crippen LogP) is 5.52. The van der Waals surface area contributed by atoms with Crippen molar-refractivity contribution >= 4 is 17.4 Å². The first-order chi connectivity index (χ1) is 19.5. The molecule has 0 radical (unpaired) electrons. The molecule has 2 heterocycles. The fourth-order valence-corrected chi connectivity index (χ4v) is 5.02. The number of nitrogens with zero attached hydrogens (tertiary/aromatic N) is 2. The number of carbonyl (C=O) groups excluding carboxylic acids is 2. The molecule has 2 unspecified atom stereocenters. The number of ketones is 1. The van der Waals surface area contributed by atoms with Gasteiger partial charge in [0.1, 0.15) is 17.3 Å². The molecule has 0 fully saturated rings. The van der Waals surface area contributed by atoms with Gasteiger partial charge in [-0.15, -0.1) is 0 Å². The van der Waals surface area contributed by atoms with Crippen molar-refractivity contribution in [2.45, 2.75) is 25.2 Å². The van der Waals surface area contributed by atoms with Crippen LogP contribution in [0.15, 0.2) is 102 Å². The number of halogens is 1. The zero-order valence-corrected chi connectivity index (χ0v) is 21.7. The second-order valence-electron chi connectivity index (χ2n) is 9.64. The smallest absolute Gasteiger partial charge is 0.251 e. The van der Waals surface area contributed by atoms with Crippen LogP contribution < -0.4 is 14.8 Å². The number of carbonyl (C=O) groups is 2. The number of hydrogen-bond donors (Lipinski definition) is 1. The SMILES string of the molecule is COc1cccc(CNC(=O)c2ccc(C3=NN4C(C(=O)c5ccc(F)cc5)Oc5ccccc5C4C3)cc2)c1. The number of nitrogens with one attached hydrogen (secondary N) is 1. The van der Waals surface area contributed by atoms with Gasteiger partial charge in [0.2, 0.25) is 5.78 Å². The minimum atomic E-state index is -0.982. The molecule has 0 aromatic heterocycles. The second kappa shape index (κ2) is 10.6. The third kappa shape index (κ3) is 4.91. The second-order valence-corrected chi connectivity index (χ2v) is 9.64. The van der Waals surface area contributed by atoms with E-state index >= 15 is 0 Å². The van der Waals surface area contributed by atoms with Crippen molar-refractivity contribution in [2.75, 3.05) is 7.11 Å². The summed E-state index contributed by atoms with van der Waals surface area (Å²) in [5.41, 5.74) is 4.39. The van der Waals surface area contributed by atoms with Gasteiger partial charge in [-0.1, -0.05) is 42.5 Å². The first-order valence-electron chi connectivity index (χ1n) is 12.9. The van der Waals surface area contributed by atoms with Crippen LogP contribution in [0.5, 0.6) is 11.5 Å². The van der Waals surface area contributed by atoms with Crippen molar-refractivity contribution in [2.24, 2.45) is 5.10 Å². The van der Waals surface area contributed by atoms with Crippen LogP contribution in [0.3, 0.4) is 0 Å². The lowest BCUT2D eigenvalue weighted by Gasteiger charge is -2.37. The van der Waals surface area contributed by atoms with Gasteiger partial charge >= 0.3 is 0 Å². The van der Waals surface area contributed by atoms with Gasteiger partial charge in [-0.3, -0.25) is 9.59 Å². The lowest BCUT2D eigenvalue weighted by molar-refractivity contribution is -0.00456. The summed E-state index contributed by atoms with van der Waals surface area (Å²) in [6, 6.07) is 27.6. The zero-order valence-electron chi connectivity index (χ0n) is 21.7. The summed E-state index contributed by atoms with van der Waals surface area (Å²) in [4.78, 5) is 26.2. The number of Topliss-reactive ketones (excluding diaryl/α,β-unsaturated/α-hetero) is 1. The molecule has 4 aromatic carbocycles. The number of benzene rings is 4. The van der Waals surface area contributed by atoms with E-state index in [0.29, 0.717) is 29.8 Å². The van der Waals surface area contributed by atoms with Gasteiger partial charge in [-0.2, -0.15) is 5.10 Å². The van der Waals surface area contributed by atoms with Crippen molar-refractivity contribution in [1.29, 1.82) is 0 Å². The minimum Gasteiger partial charge on any atom is -0.497 e. The van der Waals surface area contributed by atoms with Gasteiger partial charge in [-0.05, 0) is 65.7 Å². The van der Waals surface area contributed by atoms with E-state index in [9.17, 15) is 14.0 Å². The summed E-state index contributed by atoms with van der Waals surface area (Å²) in [6.07, 6.45) is -0.417. The fraction of sp³-hybridized carbons (Fsp3) is 0.156. The Hall–Kier alpha value is -4.98. The number of para-hydroxylation sites is 1. The van der Waals surface area contributed by atoms with Gasteiger partial charge in [-0.25, -0.2) is 9.40 Å². The lowest BCUT2D eigenvalue weighted by Crippen LogP contribution is -2.45. The Morgan fingerprint density at radius 1 is 0.975 bits per heavy atom. The van der Waals surface area contributed by atoms with Crippen LogP contribution in [0, 0.1) is 5.82 Å². The molecule has 1 amide bonds. The lowest BCUT2D eigenvalue weighted by atomic mass is 9.95. The molecule has 1 N–H and O–H groups in total. The highest BCUT2D eigenvalue weighted by atomic mass is 19.1. The Bertz CT molecular complexity index is 1600. The largest absolute Gasteiger partial charge is 0.497 e. The highest BCUT2D eigenvalue weighted by Crippen LogP contribution is 2.43. The number of amides is 1. The Morgan fingerprint density at radius 3 is 2.50 bits per heavy atom. The Labute approximate surface area is 230 Å². The van der Waals surface area contributed by atoms with E-state index in [1.165, 1.54) is 24.3 Å². The fourth-order valence-electron chi connectivity index (χ4n) is 5.02. The molecule has 200 valence electrons. The van der Waals surface area contributed by atoms with E-state index in [0.717, 1.165) is 28.2 Å². The molecule has 0 bridgehead atoms. The monoisotopic (exact) mass is 535 g/mol. The van der Waals surface area contributed by atoms with Crippen LogP contribution >= 0.6 is 0 Å². The van der Waals surface area contributed by atoms with Crippen molar-refractivity contribution in [3.8, 4) is 11.5 Å². The average molecular weight is 536 g/mol. The van der Waals surface area contributed by atoms with Crippen LogP contribution in [0.1, 0.15) is 49.9 Å². The topological polar surface area (TPSA) is 80.2 Å². The minimum absolute atomic E-state index is 0.188. The van der Waals surface area contributed by atoms with E-state index in [-0.39, 0.29) is 17.7 Å². The molecule has 4 aromatic rings. The summed E-state index contributed by atoms with van der Waals surface area (Å²) >= 11 is 0. The summed E-state index contributed by atoms with van der Waals surface area (Å²) < 4.78 is 24.8. The summed E-state index contributed by atoms with van der Waals surface area (Å²) in [6.45, 7) is 0.379. The molecular formula is C32H26FN3O4. The van der Waals surface area contributed by atoms with E-state index in [1.54, 1.807) is 24.3 Å². The number of ether oxygens (including phenoxy) is 2. The Kier molecular flexibility index (Phi) is 6.74.